The molecule has 0 bridgehead atoms. The van der Waals surface area contributed by atoms with E-state index in [9.17, 15) is 18.4 Å². The van der Waals surface area contributed by atoms with Crippen molar-refractivity contribution in [2.45, 2.75) is 37.6 Å². The average Bonchev–Trinajstić information content (AvgIpc) is 3.57. The van der Waals surface area contributed by atoms with Gasteiger partial charge in [0.2, 0.25) is 5.91 Å². The van der Waals surface area contributed by atoms with Crippen LogP contribution in [0.1, 0.15) is 37.2 Å². The van der Waals surface area contributed by atoms with Crippen LogP contribution in [0.2, 0.25) is 0 Å². The lowest BCUT2D eigenvalue weighted by Crippen LogP contribution is -2.44. The Morgan fingerprint density at radius 1 is 1.18 bits per heavy atom. The van der Waals surface area contributed by atoms with E-state index in [0.29, 0.717) is 25.0 Å². The van der Waals surface area contributed by atoms with Crippen molar-refractivity contribution < 1.29 is 27.8 Å². The number of benzene rings is 1. The highest BCUT2D eigenvalue weighted by atomic mass is 19.1. The van der Waals surface area contributed by atoms with Gasteiger partial charge >= 0.3 is 6.09 Å². The number of likely N-dealkylation sites (tertiary alicyclic amines) is 1. The maximum atomic E-state index is 14.7. The molecular formula is C20H24F2N2O4. The molecule has 28 heavy (non-hydrogen) atoms. The summed E-state index contributed by atoms with van der Waals surface area (Å²) in [6, 6.07) is 1.13. The summed E-state index contributed by atoms with van der Waals surface area (Å²) in [4.78, 5) is 26.6. The highest BCUT2D eigenvalue weighted by Gasteiger charge is 2.46. The molecule has 1 aliphatic heterocycles. The summed E-state index contributed by atoms with van der Waals surface area (Å²) in [6.45, 7) is 1.00. The van der Waals surface area contributed by atoms with Crippen molar-refractivity contribution in [2.24, 2.45) is 11.8 Å². The molecule has 1 aromatic carbocycles. The van der Waals surface area contributed by atoms with E-state index in [0.717, 1.165) is 37.8 Å². The smallest absolute Gasteiger partial charge is 0.407 e. The molecule has 2 amide bonds. The number of methoxy groups -OCH3 is 1. The molecule has 6 nitrogen and oxygen atoms in total. The number of amides is 2. The molecule has 1 saturated heterocycles. The molecule has 2 aliphatic carbocycles. The van der Waals surface area contributed by atoms with E-state index in [2.05, 4.69) is 5.32 Å². The summed E-state index contributed by atoms with van der Waals surface area (Å²) in [5.74, 6) is -1.87. The molecule has 2 saturated carbocycles. The number of hydrogen-bond acceptors (Lipinski definition) is 4. The minimum absolute atomic E-state index is 0.0614. The molecule has 1 aromatic rings. The molecule has 3 aliphatic rings. The largest absolute Gasteiger partial charge is 0.497 e. The lowest BCUT2D eigenvalue weighted by Gasteiger charge is -2.20. The topological polar surface area (TPSA) is 67.9 Å². The summed E-state index contributed by atoms with van der Waals surface area (Å²) >= 11 is 0. The first-order valence-corrected chi connectivity index (χ1v) is 9.71. The first-order chi connectivity index (χ1) is 13.5. The van der Waals surface area contributed by atoms with Crippen molar-refractivity contribution in [1.82, 2.24) is 10.2 Å². The Bertz CT molecular complexity index is 756. The molecule has 1 heterocycles. The van der Waals surface area contributed by atoms with E-state index in [1.54, 1.807) is 4.90 Å². The van der Waals surface area contributed by atoms with Gasteiger partial charge in [-0.2, -0.15) is 0 Å². The van der Waals surface area contributed by atoms with Gasteiger partial charge in [0.15, 0.2) is 0 Å². The molecule has 8 heteroatoms. The second-order valence-corrected chi connectivity index (χ2v) is 7.96. The third kappa shape index (κ3) is 4.05. The van der Waals surface area contributed by atoms with E-state index < -0.39 is 29.7 Å². The van der Waals surface area contributed by atoms with Crippen molar-refractivity contribution in [3.63, 3.8) is 0 Å². The Hall–Kier alpha value is -2.38. The van der Waals surface area contributed by atoms with Gasteiger partial charge in [0, 0.05) is 36.7 Å². The van der Waals surface area contributed by atoms with E-state index in [-0.39, 0.29) is 23.8 Å². The summed E-state index contributed by atoms with van der Waals surface area (Å²) in [6.07, 6.45) is 3.41. The van der Waals surface area contributed by atoms with Gasteiger partial charge in [0.1, 0.15) is 23.4 Å². The van der Waals surface area contributed by atoms with Gasteiger partial charge in [-0.1, -0.05) is 0 Å². The molecule has 3 fully saturated rings. The normalized spacial score (nSPS) is 24.4. The van der Waals surface area contributed by atoms with Gasteiger partial charge in [0.05, 0.1) is 13.7 Å². The Balaban J connectivity index is 1.56. The highest BCUT2D eigenvalue weighted by molar-refractivity contribution is 5.89. The van der Waals surface area contributed by atoms with E-state index in [1.165, 1.54) is 7.11 Å². The quantitative estimate of drug-likeness (QED) is 0.772. The predicted octanol–water partition coefficient (Wildman–Crippen LogP) is 2.81. The number of nitrogens with zero attached hydrogens (tertiary/aromatic N) is 1. The molecule has 2 atom stereocenters. The number of carbonyl (C=O) groups excluding carboxylic acids is 2. The minimum Gasteiger partial charge on any atom is -0.497 e. The van der Waals surface area contributed by atoms with Crippen molar-refractivity contribution in [3.8, 4) is 5.75 Å². The van der Waals surface area contributed by atoms with Crippen LogP contribution in [0.15, 0.2) is 12.1 Å². The number of nitrogens with one attached hydrogen (secondary N) is 1. The van der Waals surface area contributed by atoms with Gasteiger partial charge in [0.25, 0.3) is 0 Å². The molecule has 152 valence electrons. The summed E-state index contributed by atoms with van der Waals surface area (Å²) < 4.78 is 39.4. The van der Waals surface area contributed by atoms with Crippen LogP contribution in [0, 0.1) is 23.5 Å². The van der Waals surface area contributed by atoms with Crippen LogP contribution >= 0.6 is 0 Å². The molecule has 4 rings (SSSR count). The molecule has 0 unspecified atom stereocenters. The maximum absolute atomic E-state index is 14.7. The zero-order valence-electron chi connectivity index (χ0n) is 15.7. The Labute approximate surface area is 162 Å². The SMILES string of the molecule is COc1cc(F)c([C@@H]2CN(CC3CC3)C(=O)[C@H]2NC(=O)OCC2CC2)c(F)c1. The Morgan fingerprint density at radius 3 is 2.39 bits per heavy atom. The van der Waals surface area contributed by atoms with Gasteiger partial charge in [-0.05, 0) is 37.5 Å². The fraction of sp³-hybridized carbons (Fsp3) is 0.600. The number of hydrogen-bond donors (Lipinski definition) is 1. The number of halogens is 2. The van der Waals surface area contributed by atoms with Gasteiger partial charge in [-0.25, -0.2) is 13.6 Å². The zero-order chi connectivity index (χ0) is 19.8. The van der Waals surface area contributed by atoms with E-state index in [4.69, 9.17) is 9.47 Å². The third-order valence-corrected chi connectivity index (χ3v) is 5.65. The highest BCUT2D eigenvalue weighted by Crippen LogP contribution is 2.37. The molecule has 1 N–H and O–H groups in total. The fourth-order valence-electron chi connectivity index (χ4n) is 3.68. The maximum Gasteiger partial charge on any atom is 0.407 e. The second-order valence-electron chi connectivity index (χ2n) is 7.96. The van der Waals surface area contributed by atoms with Gasteiger partial charge < -0.3 is 19.7 Å². The van der Waals surface area contributed by atoms with Gasteiger partial charge in [-0.15, -0.1) is 0 Å². The monoisotopic (exact) mass is 394 g/mol. The molecule has 0 spiro atoms. The first-order valence-electron chi connectivity index (χ1n) is 9.71. The van der Waals surface area contributed by atoms with Crippen molar-refractivity contribution in [2.75, 3.05) is 26.8 Å². The standard InChI is InChI=1S/C20H24F2N2O4/c1-27-13-6-15(21)17(16(22)7-13)14-9-24(8-11-2-3-11)19(25)18(14)23-20(26)28-10-12-4-5-12/h6-7,11-12,14,18H,2-5,8-10H2,1H3,(H,23,26)/t14-,18-/m0/s1. The Morgan fingerprint density at radius 2 is 1.82 bits per heavy atom. The van der Waals surface area contributed by atoms with Crippen LogP contribution < -0.4 is 10.1 Å². The van der Waals surface area contributed by atoms with Crippen LogP contribution in [-0.2, 0) is 9.53 Å². The zero-order valence-corrected chi connectivity index (χ0v) is 15.7. The number of alkyl carbamates (subject to hydrolysis) is 1. The first kappa shape index (κ1) is 19.0. The molecule has 0 aromatic heterocycles. The third-order valence-electron chi connectivity index (χ3n) is 5.65. The van der Waals surface area contributed by atoms with Crippen LogP contribution in [0.4, 0.5) is 13.6 Å². The van der Waals surface area contributed by atoms with Crippen molar-refractivity contribution in [1.29, 1.82) is 0 Å². The van der Waals surface area contributed by atoms with E-state index in [1.807, 2.05) is 0 Å². The van der Waals surface area contributed by atoms with E-state index >= 15 is 0 Å². The number of ether oxygens (including phenoxy) is 2. The predicted molar refractivity (Wildman–Crippen MR) is 96.0 cm³/mol. The summed E-state index contributed by atoms with van der Waals surface area (Å²) in [7, 11) is 1.32. The lowest BCUT2D eigenvalue weighted by molar-refractivity contribution is -0.129. The van der Waals surface area contributed by atoms with Crippen molar-refractivity contribution in [3.05, 3.63) is 29.3 Å². The van der Waals surface area contributed by atoms with Crippen LogP contribution in [0.25, 0.3) is 0 Å². The van der Waals surface area contributed by atoms with Crippen molar-refractivity contribution >= 4 is 12.0 Å². The number of carbonyl (C=O) groups is 2. The summed E-state index contributed by atoms with van der Waals surface area (Å²) in [5.41, 5.74) is -0.208. The Kier molecular flexibility index (Phi) is 5.12. The molecule has 0 radical (unpaired) electrons. The van der Waals surface area contributed by atoms with Crippen LogP contribution in [0.3, 0.4) is 0 Å². The lowest BCUT2D eigenvalue weighted by atomic mass is 9.93. The minimum atomic E-state index is -1.05. The van der Waals surface area contributed by atoms with Crippen LogP contribution in [0.5, 0.6) is 5.75 Å². The molecular weight excluding hydrogens is 370 g/mol. The fourth-order valence-corrected chi connectivity index (χ4v) is 3.68. The average molecular weight is 394 g/mol. The summed E-state index contributed by atoms with van der Waals surface area (Å²) in [5, 5.41) is 2.55. The van der Waals surface area contributed by atoms with Gasteiger partial charge in [-0.3, -0.25) is 4.79 Å². The number of rotatable bonds is 7. The second kappa shape index (κ2) is 7.56. The van der Waals surface area contributed by atoms with Crippen LogP contribution in [-0.4, -0.2) is 49.7 Å².